The third-order valence-corrected chi connectivity index (χ3v) is 5.42. The van der Waals surface area contributed by atoms with Gasteiger partial charge in [0.2, 0.25) is 5.91 Å². The molecule has 1 aliphatic heterocycles. The van der Waals surface area contributed by atoms with E-state index < -0.39 is 0 Å². The standard InChI is InChI=1S/C18H29N5O2.ClH/c1-12(2)14-9-23(10-15(14)22-18(25)13-4-3-5-13)17-8-16(19-6-7-24)20-11-21-17;/h8,11-15,24H,3-7,9-10H2,1-2H3,(H,22,25)(H,19,20,21);1H/t14-,15+;/m1./s1. The monoisotopic (exact) mass is 383 g/mol. The van der Waals surface area contributed by atoms with Crippen LogP contribution in [0.5, 0.6) is 0 Å². The van der Waals surface area contributed by atoms with Gasteiger partial charge in [0.1, 0.15) is 18.0 Å². The molecule has 8 heteroatoms. The van der Waals surface area contributed by atoms with E-state index >= 15 is 0 Å². The Labute approximate surface area is 161 Å². The van der Waals surface area contributed by atoms with Crippen LogP contribution in [0.4, 0.5) is 11.6 Å². The Bertz CT molecular complexity index is 597. The number of hydrogen-bond acceptors (Lipinski definition) is 6. The van der Waals surface area contributed by atoms with Gasteiger partial charge in [-0.15, -0.1) is 12.4 Å². The molecular formula is C18H30ClN5O2. The molecule has 2 fully saturated rings. The number of aliphatic hydroxyl groups is 1. The zero-order valence-electron chi connectivity index (χ0n) is 15.5. The lowest BCUT2D eigenvalue weighted by Crippen LogP contribution is -2.46. The summed E-state index contributed by atoms with van der Waals surface area (Å²) in [5, 5.41) is 15.3. The number of anilines is 2. The summed E-state index contributed by atoms with van der Waals surface area (Å²) in [5.41, 5.74) is 0. The molecule has 1 saturated carbocycles. The lowest BCUT2D eigenvalue weighted by molar-refractivity contribution is -0.128. The molecule has 0 bridgehead atoms. The number of hydrogen-bond donors (Lipinski definition) is 3. The van der Waals surface area contributed by atoms with Crippen molar-refractivity contribution in [1.82, 2.24) is 15.3 Å². The van der Waals surface area contributed by atoms with Gasteiger partial charge in [-0.2, -0.15) is 0 Å². The van der Waals surface area contributed by atoms with Crippen molar-refractivity contribution in [3.05, 3.63) is 12.4 Å². The number of carbonyl (C=O) groups is 1. The van der Waals surface area contributed by atoms with Crippen molar-refractivity contribution in [3.63, 3.8) is 0 Å². The van der Waals surface area contributed by atoms with E-state index in [2.05, 4.69) is 39.3 Å². The molecular weight excluding hydrogens is 354 g/mol. The number of aliphatic hydroxyl groups excluding tert-OH is 1. The number of carbonyl (C=O) groups excluding carboxylic acids is 1. The Morgan fingerprint density at radius 1 is 1.35 bits per heavy atom. The molecule has 1 aromatic heterocycles. The topological polar surface area (TPSA) is 90.4 Å². The predicted octanol–water partition coefficient (Wildman–Crippen LogP) is 1.68. The van der Waals surface area contributed by atoms with Crippen molar-refractivity contribution in [2.24, 2.45) is 17.8 Å². The van der Waals surface area contributed by atoms with Gasteiger partial charge in [-0.3, -0.25) is 4.79 Å². The normalized spacial score (nSPS) is 22.7. The van der Waals surface area contributed by atoms with E-state index in [-0.39, 0.29) is 36.9 Å². The molecule has 0 aromatic carbocycles. The molecule has 1 aliphatic carbocycles. The maximum absolute atomic E-state index is 12.4. The Hall–Kier alpha value is -1.60. The highest BCUT2D eigenvalue weighted by Crippen LogP contribution is 2.30. The van der Waals surface area contributed by atoms with Crippen molar-refractivity contribution in [2.45, 2.75) is 39.2 Å². The zero-order chi connectivity index (χ0) is 17.8. The third kappa shape index (κ3) is 4.76. The summed E-state index contributed by atoms with van der Waals surface area (Å²) in [6, 6.07) is 2.07. The van der Waals surface area contributed by atoms with Crippen molar-refractivity contribution < 1.29 is 9.90 Å². The molecule has 3 rings (SSSR count). The third-order valence-electron chi connectivity index (χ3n) is 5.42. The van der Waals surface area contributed by atoms with Crippen molar-refractivity contribution >= 4 is 29.9 Å². The van der Waals surface area contributed by atoms with Gasteiger partial charge < -0.3 is 20.6 Å². The first kappa shape index (κ1) is 20.7. The van der Waals surface area contributed by atoms with Crippen LogP contribution in [0.15, 0.2) is 12.4 Å². The summed E-state index contributed by atoms with van der Waals surface area (Å²) in [6.07, 6.45) is 4.77. The highest BCUT2D eigenvalue weighted by molar-refractivity contribution is 5.85. The second-order valence-electron chi connectivity index (χ2n) is 7.47. The fourth-order valence-corrected chi connectivity index (χ4v) is 3.62. The molecule has 146 valence electrons. The van der Waals surface area contributed by atoms with Crippen LogP contribution in [-0.2, 0) is 4.79 Å². The van der Waals surface area contributed by atoms with Gasteiger partial charge in [0.05, 0.1) is 12.6 Å². The van der Waals surface area contributed by atoms with Crippen LogP contribution < -0.4 is 15.5 Å². The lowest BCUT2D eigenvalue weighted by Gasteiger charge is -2.28. The summed E-state index contributed by atoms with van der Waals surface area (Å²) in [6.45, 7) is 6.61. The molecule has 2 aliphatic rings. The van der Waals surface area contributed by atoms with E-state index in [1.54, 1.807) is 6.33 Å². The quantitative estimate of drug-likeness (QED) is 0.663. The maximum Gasteiger partial charge on any atom is 0.223 e. The Kier molecular flexibility index (Phi) is 7.46. The molecule has 26 heavy (non-hydrogen) atoms. The second-order valence-corrected chi connectivity index (χ2v) is 7.47. The zero-order valence-corrected chi connectivity index (χ0v) is 16.3. The number of amides is 1. The molecule has 0 spiro atoms. The minimum atomic E-state index is 0. The molecule has 0 radical (unpaired) electrons. The van der Waals surface area contributed by atoms with Gasteiger partial charge >= 0.3 is 0 Å². The first-order chi connectivity index (χ1) is 12.1. The Balaban J connectivity index is 0.00000243. The number of nitrogens with one attached hydrogen (secondary N) is 2. The molecule has 2 heterocycles. The fourth-order valence-electron chi connectivity index (χ4n) is 3.62. The second kappa shape index (κ2) is 9.37. The van der Waals surface area contributed by atoms with Gasteiger partial charge in [0.25, 0.3) is 0 Å². The van der Waals surface area contributed by atoms with E-state index in [1.165, 1.54) is 6.42 Å². The summed E-state index contributed by atoms with van der Waals surface area (Å²) in [7, 11) is 0. The number of rotatable bonds is 7. The number of halogens is 1. The molecule has 3 N–H and O–H groups in total. The summed E-state index contributed by atoms with van der Waals surface area (Å²) in [4.78, 5) is 23.2. The molecule has 2 atom stereocenters. The predicted molar refractivity (Wildman–Crippen MR) is 105 cm³/mol. The van der Waals surface area contributed by atoms with E-state index in [4.69, 9.17) is 5.11 Å². The van der Waals surface area contributed by atoms with E-state index in [0.717, 1.165) is 31.7 Å². The van der Waals surface area contributed by atoms with Gasteiger partial charge in [-0.1, -0.05) is 20.3 Å². The maximum atomic E-state index is 12.4. The van der Waals surface area contributed by atoms with Crippen LogP contribution >= 0.6 is 12.4 Å². The van der Waals surface area contributed by atoms with Crippen LogP contribution in [0, 0.1) is 17.8 Å². The molecule has 1 amide bonds. The smallest absolute Gasteiger partial charge is 0.223 e. The number of aromatic nitrogens is 2. The Morgan fingerprint density at radius 2 is 2.12 bits per heavy atom. The summed E-state index contributed by atoms with van der Waals surface area (Å²) in [5.74, 6) is 2.91. The molecule has 1 saturated heterocycles. The molecule has 7 nitrogen and oxygen atoms in total. The minimum Gasteiger partial charge on any atom is -0.395 e. The van der Waals surface area contributed by atoms with Crippen LogP contribution in [0.25, 0.3) is 0 Å². The van der Waals surface area contributed by atoms with Crippen LogP contribution in [0.1, 0.15) is 33.1 Å². The summed E-state index contributed by atoms with van der Waals surface area (Å²) < 4.78 is 0. The van der Waals surface area contributed by atoms with Crippen LogP contribution in [-0.4, -0.2) is 53.3 Å². The molecule has 0 unspecified atom stereocenters. The first-order valence-corrected chi connectivity index (χ1v) is 9.30. The lowest BCUT2D eigenvalue weighted by atomic mass is 9.84. The van der Waals surface area contributed by atoms with Gasteiger partial charge in [0, 0.05) is 37.5 Å². The average molecular weight is 384 g/mol. The summed E-state index contributed by atoms with van der Waals surface area (Å²) >= 11 is 0. The van der Waals surface area contributed by atoms with E-state index in [9.17, 15) is 4.79 Å². The van der Waals surface area contributed by atoms with Gasteiger partial charge in [-0.05, 0) is 18.8 Å². The fraction of sp³-hybridized carbons (Fsp3) is 0.722. The largest absolute Gasteiger partial charge is 0.395 e. The van der Waals surface area contributed by atoms with Gasteiger partial charge in [0.15, 0.2) is 0 Å². The SMILES string of the molecule is CC(C)[C@H]1CN(c2cc(NCCO)ncn2)C[C@@H]1NC(=O)C1CCC1.Cl. The van der Waals surface area contributed by atoms with Crippen LogP contribution in [0.2, 0.25) is 0 Å². The van der Waals surface area contributed by atoms with Crippen molar-refractivity contribution in [2.75, 3.05) is 36.5 Å². The van der Waals surface area contributed by atoms with Crippen molar-refractivity contribution in [1.29, 1.82) is 0 Å². The molecule has 1 aromatic rings. The van der Waals surface area contributed by atoms with Crippen molar-refractivity contribution in [3.8, 4) is 0 Å². The highest BCUT2D eigenvalue weighted by atomic mass is 35.5. The average Bonchev–Trinajstić information content (AvgIpc) is 2.95. The van der Waals surface area contributed by atoms with Gasteiger partial charge in [-0.25, -0.2) is 9.97 Å². The van der Waals surface area contributed by atoms with Crippen LogP contribution in [0.3, 0.4) is 0 Å². The highest BCUT2D eigenvalue weighted by Gasteiger charge is 2.38. The number of nitrogens with zero attached hydrogens (tertiary/aromatic N) is 3. The Morgan fingerprint density at radius 3 is 2.73 bits per heavy atom. The first-order valence-electron chi connectivity index (χ1n) is 9.30. The van der Waals surface area contributed by atoms with E-state index in [1.807, 2.05) is 6.07 Å². The minimum absolute atomic E-state index is 0. The van der Waals surface area contributed by atoms with E-state index in [0.29, 0.717) is 24.2 Å².